The molecule has 2 nitrogen and oxygen atoms in total. The number of furan rings is 1. The first-order valence-electron chi connectivity index (χ1n) is 27.0. The van der Waals surface area contributed by atoms with Gasteiger partial charge in [-0.05, 0) is 155 Å². The SMILES string of the molecule is c1ccc(C2(c3ccccc3)c3ccccc3-c3cc(-c4cccc(N(c5ccc(-c6cccc7occc67)cc5)c5cccc(-c6cccc7c6-c6ccccc6C7(c6ccccc6)c6ccccc6)c5)c4)ccc32)cc1. The van der Waals surface area contributed by atoms with Gasteiger partial charge in [-0.15, -0.1) is 0 Å². The first-order valence-corrected chi connectivity index (χ1v) is 27.0. The van der Waals surface area contributed by atoms with Crippen LogP contribution in [-0.2, 0) is 10.8 Å². The van der Waals surface area contributed by atoms with Gasteiger partial charge in [0, 0.05) is 22.4 Å². The van der Waals surface area contributed by atoms with Crippen molar-refractivity contribution < 1.29 is 4.42 Å². The van der Waals surface area contributed by atoms with Gasteiger partial charge in [-0.3, -0.25) is 0 Å². The molecule has 1 aromatic heterocycles. The molecule has 0 saturated carbocycles. The van der Waals surface area contributed by atoms with E-state index in [1.807, 2.05) is 6.07 Å². The van der Waals surface area contributed by atoms with Crippen LogP contribution in [0.25, 0.3) is 66.6 Å². The van der Waals surface area contributed by atoms with E-state index in [1.54, 1.807) is 6.26 Å². The van der Waals surface area contributed by atoms with E-state index in [2.05, 4.69) is 302 Å². The largest absolute Gasteiger partial charge is 0.464 e. The molecule has 2 aliphatic rings. The van der Waals surface area contributed by atoms with Crippen molar-refractivity contribution >= 4 is 28.0 Å². The molecule has 0 spiro atoms. The number of hydrogen-bond donors (Lipinski definition) is 0. The minimum absolute atomic E-state index is 0.461. The van der Waals surface area contributed by atoms with E-state index in [0.29, 0.717) is 0 Å². The van der Waals surface area contributed by atoms with Gasteiger partial charge >= 0.3 is 0 Å². The summed E-state index contributed by atoms with van der Waals surface area (Å²) < 4.78 is 5.84. The van der Waals surface area contributed by atoms with E-state index in [4.69, 9.17) is 4.42 Å². The molecule has 0 bridgehead atoms. The second kappa shape index (κ2) is 18.4. The second-order valence-corrected chi connectivity index (χ2v) is 20.7. The minimum atomic E-state index is -0.499. The number of hydrogen-bond acceptors (Lipinski definition) is 2. The topological polar surface area (TPSA) is 16.4 Å². The van der Waals surface area contributed by atoms with Crippen molar-refractivity contribution in [1.29, 1.82) is 0 Å². The van der Waals surface area contributed by atoms with E-state index in [1.165, 1.54) is 77.9 Å². The average Bonchev–Trinajstić information content (AvgIpc) is 4.42. The molecule has 1 heterocycles. The van der Waals surface area contributed by atoms with Crippen molar-refractivity contribution in [2.75, 3.05) is 4.90 Å². The van der Waals surface area contributed by atoms with Gasteiger partial charge in [0.25, 0.3) is 0 Å². The molecule has 0 atom stereocenters. The third-order valence-electron chi connectivity index (χ3n) is 16.7. The third kappa shape index (κ3) is 6.90. The van der Waals surface area contributed by atoms with Crippen LogP contribution in [0, 0.1) is 0 Å². The second-order valence-electron chi connectivity index (χ2n) is 20.7. The summed E-state index contributed by atoms with van der Waals surface area (Å²) in [5, 5.41) is 1.10. The Balaban J connectivity index is 0.893. The Morgan fingerprint density at radius 2 is 0.705 bits per heavy atom. The number of fused-ring (bicyclic) bond motifs is 7. The van der Waals surface area contributed by atoms with Crippen molar-refractivity contribution in [3.05, 3.63) is 354 Å². The van der Waals surface area contributed by atoms with Gasteiger partial charge in [-0.2, -0.15) is 0 Å². The number of rotatable bonds is 10. The Kier molecular flexibility index (Phi) is 10.7. The summed E-state index contributed by atoms with van der Waals surface area (Å²) in [6, 6.07) is 112. The van der Waals surface area contributed by atoms with Crippen molar-refractivity contribution in [3.8, 4) is 55.6 Å². The van der Waals surface area contributed by atoms with Crippen molar-refractivity contribution in [2.45, 2.75) is 10.8 Å². The third-order valence-corrected chi connectivity index (χ3v) is 16.7. The zero-order chi connectivity index (χ0) is 51.6. The van der Waals surface area contributed by atoms with E-state index in [0.717, 1.165) is 50.3 Å². The summed E-state index contributed by atoms with van der Waals surface area (Å²) in [4.78, 5) is 2.42. The summed E-state index contributed by atoms with van der Waals surface area (Å²) in [5.74, 6) is 0. The number of nitrogens with zero attached hydrogens (tertiary/aromatic N) is 1. The molecule has 0 radical (unpaired) electrons. The van der Waals surface area contributed by atoms with Crippen LogP contribution in [0.15, 0.2) is 314 Å². The van der Waals surface area contributed by atoms with Crippen LogP contribution in [0.1, 0.15) is 44.5 Å². The summed E-state index contributed by atoms with van der Waals surface area (Å²) in [7, 11) is 0. The quantitative estimate of drug-likeness (QED) is 0.136. The smallest absolute Gasteiger partial charge is 0.134 e. The molecule has 0 aliphatic heterocycles. The van der Waals surface area contributed by atoms with E-state index in [9.17, 15) is 0 Å². The fourth-order valence-electron chi connectivity index (χ4n) is 13.5. The van der Waals surface area contributed by atoms with Crippen molar-refractivity contribution in [2.24, 2.45) is 0 Å². The maximum absolute atomic E-state index is 5.84. The molecule has 2 aliphatic carbocycles. The maximum Gasteiger partial charge on any atom is 0.134 e. The molecular weight excluding hydrogens is 943 g/mol. The molecule has 12 aromatic carbocycles. The normalized spacial score (nSPS) is 13.3. The Morgan fingerprint density at radius 1 is 0.256 bits per heavy atom. The lowest BCUT2D eigenvalue weighted by atomic mass is 9.67. The van der Waals surface area contributed by atoms with Crippen molar-refractivity contribution in [3.63, 3.8) is 0 Å². The Labute approximate surface area is 455 Å². The van der Waals surface area contributed by atoms with Crippen LogP contribution in [-0.4, -0.2) is 0 Å². The van der Waals surface area contributed by atoms with E-state index in [-0.39, 0.29) is 0 Å². The minimum Gasteiger partial charge on any atom is -0.464 e. The Bertz CT molecular complexity index is 4290. The highest BCUT2D eigenvalue weighted by molar-refractivity contribution is 5.98. The summed E-state index contributed by atoms with van der Waals surface area (Å²) in [6.07, 6.45) is 1.77. The predicted octanol–water partition coefficient (Wildman–Crippen LogP) is 19.6. The standard InChI is InChI=1S/C76H51NO/c1-5-23-56(24-6-1)75(57-25-7-2-8-26-57)69-37-15-13-33-65(69)68-51-54(43-46-71(68)75)53-21-17-31-61(49-53)77(60-44-41-52(42-45-60)63-35-20-40-73-66(63)47-48-78-73)62-32-18-22-55(50-62)64-36-19-39-72-74(64)67-34-14-16-38-70(67)76(72,58-27-9-3-10-28-58)59-29-11-4-12-30-59/h1-51H. The molecule has 0 saturated heterocycles. The molecular formula is C76H51NO. The van der Waals surface area contributed by atoms with Gasteiger partial charge in [0.2, 0.25) is 0 Å². The molecule has 0 unspecified atom stereocenters. The molecule has 15 rings (SSSR count). The van der Waals surface area contributed by atoms with Crippen molar-refractivity contribution in [1.82, 2.24) is 0 Å². The first-order chi connectivity index (χ1) is 38.7. The molecule has 2 heteroatoms. The van der Waals surface area contributed by atoms with E-state index < -0.39 is 10.8 Å². The van der Waals surface area contributed by atoms with Crippen LogP contribution < -0.4 is 4.90 Å². The summed E-state index contributed by atoms with van der Waals surface area (Å²) in [6.45, 7) is 0. The molecule has 0 fully saturated rings. The molecule has 0 amide bonds. The molecule has 366 valence electrons. The monoisotopic (exact) mass is 993 g/mol. The highest BCUT2D eigenvalue weighted by Gasteiger charge is 2.48. The highest BCUT2D eigenvalue weighted by atomic mass is 16.3. The van der Waals surface area contributed by atoms with Gasteiger partial charge in [0.1, 0.15) is 5.58 Å². The van der Waals surface area contributed by atoms with E-state index >= 15 is 0 Å². The summed E-state index contributed by atoms with van der Waals surface area (Å²) in [5.41, 5.74) is 25.3. The molecule has 0 N–H and O–H groups in total. The first kappa shape index (κ1) is 45.4. The Morgan fingerprint density at radius 3 is 1.35 bits per heavy atom. The van der Waals surface area contributed by atoms with Gasteiger partial charge < -0.3 is 9.32 Å². The van der Waals surface area contributed by atoms with Gasteiger partial charge in [-0.1, -0.05) is 249 Å². The van der Waals surface area contributed by atoms with Gasteiger partial charge in [-0.25, -0.2) is 0 Å². The van der Waals surface area contributed by atoms with Crippen LogP contribution in [0.4, 0.5) is 17.1 Å². The zero-order valence-corrected chi connectivity index (χ0v) is 42.8. The maximum atomic E-state index is 5.84. The zero-order valence-electron chi connectivity index (χ0n) is 42.8. The van der Waals surface area contributed by atoms with Crippen LogP contribution in [0.3, 0.4) is 0 Å². The lowest BCUT2D eigenvalue weighted by Gasteiger charge is -2.34. The highest BCUT2D eigenvalue weighted by Crippen LogP contribution is 2.59. The molecule has 13 aromatic rings. The lowest BCUT2D eigenvalue weighted by molar-refractivity contribution is 0.616. The van der Waals surface area contributed by atoms with Gasteiger partial charge in [0.05, 0.1) is 17.1 Å². The fourth-order valence-corrected chi connectivity index (χ4v) is 13.5. The molecule has 78 heavy (non-hydrogen) atoms. The van der Waals surface area contributed by atoms with Gasteiger partial charge in [0.15, 0.2) is 0 Å². The van der Waals surface area contributed by atoms with Crippen LogP contribution in [0.5, 0.6) is 0 Å². The van der Waals surface area contributed by atoms with Crippen LogP contribution >= 0.6 is 0 Å². The Hall–Kier alpha value is -10.0. The number of anilines is 3. The van der Waals surface area contributed by atoms with Crippen LogP contribution in [0.2, 0.25) is 0 Å². The average molecular weight is 994 g/mol. The number of benzene rings is 12. The predicted molar refractivity (Wildman–Crippen MR) is 322 cm³/mol. The lowest BCUT2D eigenvalue weighted by Crippen LogP contribution is -2.28. The summed E-state index contributed by atoms with van der Waals surface area (Å²) >= 11 is 0. The fraction of sp³-hybridized carbons (Fsp3) is 0.0263.